The Morgan fingerprint density at radius 2 is 1.86 bits per heavy atom. The van der Waals surface area contributed by atoms with Crippen molar-refractivity contribution in [2.75, 3.05) is 32.7 Å². The molecule has 3 atom stereocenters. The van der Waals surface area contributed by atoms with Gasteiger partial charge in [-0.2, -0.15) is 0 Å². The predicted molar refractivity (Wildman–Crippen MR) is 171 cm³/mol. The zero-order chi connectivity index (χ0) is 28.9. The van der Waals surface area contributed by atoms with Gasteiger partial charge in [-0.15, -0.1) is 0 Å². The molecule has 7 nitrogen and oxygen atoms in total. The van der Waals surface area contributed by atoms with Crippen molar-refractivity contribution in [1.29, 1.82) is 0 Å². The Labute approximate surface area is 252 Å². The summed E-state index contributed by atoms with van der Waals surface area (Å²) in [7, 11) is 0. The van der Waals surface area contributed by atoms with Crippen molar-refractivity contribution in [2.24, 2.45) is 11.8 Å². The van der Waals surface area contributed by atoms with E-state index in [1.54, 1.807) is 6.20 Å². The molecule has 1 aromatic heterocycles. The Kier molecular flexibility index (Phi) is 6.95. The Balaban J connectivity index is 1.16. The molecular weight excluding hydrogens is 536 g/mol. The highest BCUT2D eigenvalue weighted by atomic mass is 16.5. The van der Waals surface area contributed by atoms with Crippen molar-refractivity contribution in [3.05, 3.63) is 76.1 Å². The van der Waals surface area contributed by atoms with Crippen molar-refractivity contribution in [3.63, 3.8) is 0 Å². The number of nitrogens with one attached hydrogen (secondary N) is 2. The zero-order valence-corrected chi connectivity index (χ0v) is 24.7. The quantitative estimate of drug-likeness (QED) is 0.257. The molecule has 2 saturated heterocycles. The predicted octanol–water partition coefficient (Wildman–Crippen LogP) is 5.79. The number of ether oxygens (including phenoxy) is 1. The van der Waals surface area contributed by atoms with Crippen LogP contribution in [0.25, 0.3) is 27.4 Å². The van der Waals surface area contributed by atoms with Crippen LogP contribution >= 0.6 is 0 Å². The fourth-order valence-corrected chi connectivity index (χ4v) is 8.17. The van der Waals surface area contributed by atoms with Gasteiger partial charge < -0.3 is 24.8 Å². The van der Waals surface area contributed by atoms with E-state index in [1.165, 1.54) is 38.5 Å². The number of rotatable bonds is 7. The van der Waals surface area contributed by atoms with Crippen molar-refractivity contribution < 1.29 is 9.53 Å². The minimum absolute atomic E-state index is 0.176. The maximum Gasteiger partial charge on any atom is 0.256 e. The van der Waals surface area contributed by atoms with Gasteiger partial charge in [0.1, 0.15) is 11.1 Å². The van der Waals surface area contributed by atoms with Gasteiger partial charge >= 0.3 is 0 Å². The molecule has 3 aliphatic heterocycles. The number of hydrogen-bond acceptors (Lipinski definition) is 5. The summed E-state index contributed by atoms with van der Waals surface area (Å²) in [4.78, 5) is 29.6. The molecule has 3 aromatic carbocycles. The van der Waals surface area contributed by atoms with E-state index in [2.05, 4.69) is 45.9 Å². The smallest absolute Gasteiger partial charge is 0.256 e. The van der Waals surface area contributed by atoms with E-state index >= 15 is 0 Å². The van der Waals surface area contributed by atoms with Gasteiger partial charge in [-0.25, -0.2) is 0 Å². The van der Waals surface area contributed by atoms with Crippen LogP contribution in [0.15, 0.2) is 59.5 Å². The highest BCUT2D eigenvalue weighted by Crippen LogP contribution is 2.45. The van der Waals surface area contributed by atoms with Crippen LogP contribution in [0.2, 0.25) is 0 Å². The molecule has 0 radical (unpaired) electrons. The van der Waals surface area contributed by atoms with Gasteiger partial charge in [-0.1, -0.05) is 30.3 Å². The van der Waals surface area contributed by atoms with Gasteiger partial charge in [0.05, 0.1) is 11.1 Å². The highest BCUT2D eigenvalue weighted by molar-refractivity contribution is 6.00. The third kappa shape index (κ3) is 4.92. The van der Waals surface area contributed by atoms with Gasteiger partial charge in [-0.3, -0.25) is 9.59 Å². The van der Waals surface area contributed by atoms with Crippen LogP contribution in [0.1, 0.15) is 60.9 Å². The van der Waals surface area contributed by atoms with Crippen LogP contribution in [0.3, 0.4) is 0 Å². The molecule has 4 aromatic rings. The summed E-state index contributed by atoms with van der Waals surface area (Å²) in [5, 5.41) is 9.48. The first-order valence-electron chi connectivity index (χ1n) is 16.3. The first kappa shape index (κ1) is 26.9. The molecule has 8 rings (SSSR count). The molecule has 2 N–H and O–H groups in total. The normalized spacial score (nSPS) is 22.8. The van der Waals surface area contributed by atoms with Gasteiger partial charge in [-0.05, 0) is 117 Å². The van der Waals surface area contributed by atoms with Crippen molar-refractivity contribution in [3.8, 4) is 17.2 Å². The van der Waals surface area contributed by atoms with Crippen molar-refractivity contribution >= 4 is 27.6 Å². The van der Waals surface area contributed by atoms with Crippen LogP contribution < -0.4 is 20.8 Å². The molecule has 222 valence electrons. The number of hydrogen-bond donors (Lipinski definition) is 2. The van der Waals surface area contributed by atoms with Crippen LogP contribution in [0.5, 0.6) is 11.5 Å². The van der Waals surface area contributed by atoms with Gasteiger partial charge in [0, 0.05) is 25.3 Å². The number of aromatic nitrogens is 1. The number of fused-ring (bicyclic) bond motifs is 4. The van der Waals surface area contributed by atoms with E-state index in [9.17, 15) is 9.59 Å². The first-order valence-corrected chi connectivity index (χ1v) is 16.3. The van der Waals surface area contributed by atoms with E-state index in [4.69, 9.17) is 4.74 Å². The number of amides is 1. The Hall–Kier alpha value is -3.68. The average Bonchev–Trinajstić information content (AvgIpc) is 3.70. The second-order valence-electron chi connectivity index (χ2n) is 13.1. The number of carbonyl (C=O) groups excluding carboxylic acids is 1. The number of benzene rings is 3. The van der Waals surface area contributed by atoms with Gasteiger partial charge in [0.2, 0.25) is 5.43 Å². The molecule has 3 fully saturated rings. The minimum atomic E-state index is -0.314. The van der Waals surface area contributed by atoms with Crippen molar-refractivity contribution in [2.45, 2.75) is 57.4 Å². The lowest BCUT2D eigenvalue weighted by Crippen LogP contribution is -2.37. The van der Waals surface area contributed by atoms with E-state index < -0.39 is 0 Å². The summed E-state index contributed by atoms with van der Waals surface area (Å²) in [6, 6.07) is 17.1. The van der Waals surface area contributed by atoms with Crippen LogP contribution in [-0.4, -0.2) is 54.1 Å². The molecule has 0 spiro atoms. The van der Waals surface area contributed by atoms with Crippen molar-refractivity contribution in [1.82, 2.24) is 20.1 Å². The molecule has 4 aliphatic rings. The molecule has 1 aliphatic carbocycles. The summed E-state index contributed by atoms with van der Waals surface area (Å²) >= 11 is 0. The summed E-state index contributed by atoms with van der Waals surface area (Å²) in [5.74, 6) is 2.71. The van der Waals surface area contributed by atoms with E-state index in [1.807, 2.05) is 22.8 Å². The topological polar surface area (TPSA) is 75.6 Å². The Morgan fingerprint density at radius 3 is 2.70 bits per heavy atom. The van der Waals surface area contributed by atoms with Gasteiger partial charge in [0.25, 0.3) is 5.91 Å². The molecular formula is C36H40N4O3. The monoisotopic (exact) mass is 576 g/mol. The second kappa shape index (κ2) is 11.1. The Bertz CT molecular complexity index is 1760. The molecule has 7 heteroatoms. The fraction of sp³-hybridized carbons (Fsp3) is 0.444. The molecule has 4 heterocycles. The van der Waals surface area contributed by atoms with Crippen LogP contribution in [-0.2, 0) is 6.42 Å². The molecule has 2 unspecified atom stereocenters. The molecule has 1 saturated carbocycles. The maximum atomic E-state index is 13.8. The number of likely N-dealkylation sites (tertiary alicyclic amines) is 1. The highest BCUT2D eigenvalue weighted by Gasteiger charge is 2.35. The minimum Gasteiger partial charge on any atom is -0.453 e. The van der Waals surface area contributed by atoms with E-state index in [-0.39, 0.29) is 16.9 Å². The number of nitrogens with zero attached hydrogens (tertiary/aromatic N) is 2. The Morgan fingerprint density at radius 1 is 1.02 bits per heavy atom. The third-order valence-corrected chi connectivity index (χ3v) is 10.4. The fourth-order valence-electron chi connectivity index (χ4n) is 8.17. The molecule has 43 heavy (non-hydrogen) atoms. The van der Waals surface area contributed by atoms with Crippen LogP contribution in [0.4, 0.5) is 0 Å². The lowest BCUT2D eigenvalue weighted by atomic mass is 9.92. The average molecular weight is 577 g/mol. The SMILES string of the molecule is O=C(NCCN1CCCC1)c1cn2c3c(c(CC[C@@H]4CC5CCCNC5C4)ccc3c1=O)Oc1cc3ccccc3cc1-2. The largest absolute Gasteiger partial charge is 0.453 e. The van der Waals surface area contributed by atoms with E-state index in [0.717, 1.165) is 84.0 Å². The number of carbonyl (C=O) groups is 1. The lowest BCUT2D eigenvalue weighted by Gasteiger charge is -2.26. The standard InChI is InChI=1S/C36H40N4O3/c41-34-28-12-11-24(10-9-23-18-27-8-5-13-37-30(27)19-23)35-33(28)40(22-29(34)36(42)38-14-17-39-15-3-4-16-39)31-20-25-6-1-2-7-26(25)21-32(31)43-35/h1-2,6-7,11-12,20-23,27,30,37H,3-5,8-10,13-19H2,(H,38,42)/t23-,27?,30?/m1/s1. The number of aryl methyl sites for hydroxylation is 1. The summed E-state index contributed by atoms with van der Waals surface area (Å²) in [6.07, 6.45) is 11.4. The summed E-state index contributed by atoms with van der Waals surface area (Å²) < 4.78 is 8.73. The number of piperidine rings is 1. The molecule has 1 amide bonds. The second-order valence-corrected chi connectivity index (χ2v) is 13.1. The first-order chi connectivity index (χ1) is 21.1. The lowest BCUT2D eigenvalue weighted by molar-refractivity contribution is 0.0948. The van der Waals surface area contributed by atoms with Crippen LogP contribution in [0, 0.1) is 11.8 Å². The zero-order valence-electron chi connectivity index (χ0n) is 24.7. The summed E-state index contributed by atoms with van der Waals surface area (Å²) in [6.45, 7) is 4.65. The third-order valence-electron chi connectivity index (χ3n) is 10.4. The van der Waals surface area contributed by atoms with E-state index in [0.29, 0.717) is 23.9 Å². The molecule has 0 bridgehead atoms. The summed E-state index contributed by atoms with van der Waals surface area (Å²) in [5.41, 5.74) is 2.68. The van der Waals surface area contributed by atoms with Gasteiger partial charge in [0.15, 0.2) is 11.5 Å². The number of pyridine rings is 1. The maximum absolute atomic E-state index is 13.8.